The van der Waals surface area contributed by atoms with Crippen molar-refractivity contribution in [1.29, 1.82) is 0 Å². The van der Waals surface area contributed by atoms with Gasteiger partial charge in [0.05, 0.1) is 39.1 Å². The molecule has 40 heavy (non-hydrogen) atoms. The van der Waals surface area contributed by atoms with Gasteiger partial charge in [-0.25, -0.2) is 4.79 Å². The Morgan fingerprint density at radius 1 is 0.975 bits per heavy atom. The molecule has 3 rings (SSSR count). The summed E-state index contributed by atoms with van der Waals surface area (Å²) in [5.41, 5.74) is 3.07. The van der Waals surface area contributed by atoms with Crippen molar-refractivity contribution in [3.8, 4) is 0 Å². The van der Waals surface area contributed by atoms with E-state index in [4.69, 9.17) is 37.0 Å². The van der Waals surface area contributed by atoms with E-state index in [2.05, 4.69) is 22.3 Å². The summed E-state index contributed by atoms with van der Waals surface area (Å²) < 4.78 is 32.3. The lowest BCUT2D eigenvalue weighted by Crippen LogP contribution is -2.31. The highest BCUT2D eigenvalue weighted by Crippen LogP contribution is 2.65. The number of dihydropyridines is 1. The molecule has 0 saturated carbocycles. The van der Waals surface area contributed by atoms with Gasteiger partial charge >= 0.3 is 13.6 Å². The number of halogens is 2. The van der Waals surface area contributed by atoms with E-state index in [0.717, 1.165) is 6.54 Å². The van der Waals surface area contributed by atoms with Crippen LogP contribution in [0.2, 0.25) is 10.0 Å². The van der Waals surface area contributed by atoms with Crippen LogP contribution in [0.25, 0.3) is 0 Å². The summed E-state index contributed by atoms with van der Waals surface area (Å²) in [6.07, 6.45) is -0.828. The second-order valence-corrected chi connectivity index (χ2v) is 13.1. The van der Waals surface area contributed by atoms with Gasteiger partial charge in [-0.1, -0.05) is 65.7 Å². The number of hydrogen-bond acceptors (Lipinski definition) is 7. The van der Waals surface area contributed by atoms with E-state index >= 15 is 0 Å². The summed E-state index contributed by atoms with van der Waals surface area (Å²) in [6.45, 7) is 12.1. The Morgan fingerprint density at radius 2 is 1.60 bits per heavy atom. The molecule has 2 aromatic carbocycles. The Balaban J connectivity index is 1.99. The lowest BCUT2D eigenvalue weighted by atomic mass is 9.86. The minimum absolute atomic E-state index is 0.162. The first-order chi connectivity index (χ1) is 18.8. The van der Waals surface area contributed by atoms with Crippen molar-refractivity contribution in [2.24, 2.45) is 0 Å². The molecule has 7 nitrogen and oxygen atoms in total. The lowest BCUT2D eigenvalue weighted by Gasteiger charge is -2.36. The molecule has 0 fully saturated rings. The molecular formula is C30H39Cl2N2O5P. The molecule has 0 bridgehead atoms. The molecule has 0 spiro atoms. The van der Waals surface area contributed by atoms with Crippen molar-refractivity contribution in [3.63, 3.8) is 0 Å². The number of rotatable bonds is 12. The van der Waals surface area contributed by atoms with Gasteiger partial charge in [0.2, 0.25) is 0 Å². The predicted molar refractivity (Wildman–Crippen MR) is 162 cm³/mol. The molecule has 1 aliphatic heterocycles. The topological polar surface area (TPSA) is 77.1 Å². The number of nitrogens with one attached hydrogen (secondary N) is 1. The molecule has 1 aliphatic rings. The van der Waals surface area contributed by atoms with Gasteiger partial charge in [-0.15, -0.1) is 0 Å². The normalized spacial score (nSPS) is 16.2. The van der Waals surface area contributed by atoms with Crippen molar-refractivity contribution in [3.05, 3.63) is 92.0 Å². The number of hydrogen-bond donors (Lipinski definition) is 1. The first-order valence-electron chi connectivity index (χ1n) is 13.3. The van der Waals surface area contributed by atoms with E-state index in [1.54, 1.807) is 59.7 Å². The van der Waals surface area contributed by atoms with Crippen LogP contribution in [0.3, 0.4) is 0 Å². The van der Waals surface area contributed by atoms with Crippen LogP contribution in [0, 0.1) is 0 Å². The van der Waals surface area contributed by atoms with Gasteiger partial charge in [0.1, 0.15) is 6.61 Å². The molecule has 1 heterocycles. The van der Waals surface area contributed by atoms with Crippen molar-refractivity contribution in [2.45, 2.75) is 66.2 Å². The quantitative estimate of drug-likeness (QED) is 0.194. The maximum absolute atomic E-state index is 14.5. The fraction of sp³-hybridized carbons (Fsp3) is 0.433. The predicted octanol–water partition coefficient (Wildman–Crippen LogP) is 7.90. The number of benzene rings is 2. The number of allylic oxidation sites excluding steroid dienone is 3. The molecule has 0 aliphatic carbocycles. The van der Waals surface area contributed by atoms with Gasteiger partial charge in [-0.2, -0.15) is 0 Å². The van der Waals surface area contributed by atoms with E-state index < -0.39 is 31.7 Å². The van der Waals surface area contributed by atoms with E-state index in [0.29, 0.717) is 33.8 Å². The van der Waals surface area contributed by atoms with Crippen LogP contribution in [-0.4, -0.2) is 43.3 Å². The molecule has 1 N–H and O–H groups in total. The zero-order valence-corrected chi connectivity index (χ0v) is 26.6. The monoisotopic (exact) mass is 608 g/mol. The maximum Gasteiger partial charge on any atom is 0.360 e. The zero-order valence-electron chi connectivity index (χ0n) is 24.2. The number of ether oxygens (including phenoxy) is 1. The smallest absolute Gasteiger partial charge is 0.360 e. The average Bonchev–Trinajstić information content (AvgIpc) is 2.84. The van der Waals surface area contributed by atoms with Crippen LogP contribution in [0.4, 0.5) is 0 Å². The molecule has 10 heteroatoms. The largest absolute Gasteiger partial charge is 0.461 e. The second-order valence-electron chi connectivity index (χ2n) is 10.4. The summed E-state index contributed by atoms with van der Waals surface area (Å²) in [5, 5.41) is 4.09. The van der Waals surface area contributed by atoms with Crippen LogP contribution in [-0.2, 0) is 29.7 Å². The minimum Gasteiger partial charge on any atom is -0.461 e. The van der Waals surface area contributed by atoms with Gasteiger partial charge in [0, 0.05) is 24.5 Å². The number of likely N-dealkylation sites (N-methyl/N-ethyl adjacent to an activating group) is 1. The van der Waals surface area contributed by atoms with E-state index in [1.165, 1.54) is 5.56 Å². The van der Waals surface area contributed by atoms with Gasteiger partial charge in [0.15, 0.2) is 0 Å². The highest BCUT2D eigenvalue weighted by Gasteiger charge is 2.46. The average molecular weight is 610 g/mol. The standard InChI is InChI=1S/C30H39Cl2N2O5P/c1-19(2)38-40(36,39-20(3)4)29-22(6)33-21(5)26(27(29)24-14-11-15-25(31)28(24)32)30(35)37-17-16-34(7)18-23-12-9-8-10-13-23/h8-15,19-20,27,33H,16-18H2,1-7H3. The maximum atomic E-state index is 14.5. The molecule has 0 radical (unpaired) electrons. The number of esters is 1. The van der Waals surface area contributed by atoms with Crippen LogP contribution >= 0.6 is 30.8 Å². The molecule has 0 saturated heterocycles. The summed E-state index contributed by atoms with van der Waals surface area (Å²) >= 11 is 13.1. The van der Waals surface area contributed by atoms with Gasteiger partial charge in [-0.3, -0.25) is 9.46 Å². The summed E-state index contributed by atoms with van der Waals surface area (Å²) in [6, 6.07) is 15.2. The van der Waals surface area contributed by atoms with Crippen molar-refractivity contribution in [2.75, 3.05) is 20.2 Å². The summed E-state index contributed by atoms with van der Waals surface area (Å²) in [7, 11) is -1.97. The Bertz CT molecular complexity index is 1300. The Morgan fingerprint density at radius 3 is 2.20 bits per heavy atom. The zero-order chi connectivity index (χ0) is 29.6. The number of carbonyl (C=O) groups is 1. The summed E-state index contributed by atoms with van der Waals surface area (Å²) in [5.74, 6) is -1.42. The molecule has 0 amide bonds. The minimum atomic E-state index is -3.94. The first kappa shape index (κ1) is 32.4. The van der Waals surface area contributed by atoms with Crippen LogP contribution < -0.4 is 5.32 Å². The third-order valence-electron chi connectivity index (χ3n) is 6.23. The van der Waals surface area contributed by atoms with Gasteiger partial charge in [0.25, 0.3) is 0 Å². The van der Waals surface area contributed by atoms with E-state index in [1.807, 2.05) is 25.2 Å². The van der Waals surface area contributed by atoms with E-state index in [9.17, 15) is 9.36 Å². The van der Waals surface area contributed by atoms with Gasteiger partial charge in [-0.05, 0) is 65.8 Å². The number of carbonyl (C=O) groups excluding carboxylic acids is 1. The second kappa shape index (κ2) is 14.2. The molecule has 1 atom stereocenters. The molecular weight excluding hydrogens is 570 g/mol. The lowest BCUT2D eigenvalue weighted by molar-refractivity contribution is -0.139. The third-order valence-corrected chi connectivity index (χ3v) is 9.65. The van der Waals surface area contributed by atoms with Crippen molar-refractivity contribution < 1.29 is 23.1 Å². The highest BCUT2D eigenvalue weighted by molar-refractivity contribution is 7.58. The fourth-order valence-electron chi connectivity index (χ4n) is 4.70. The Labute approximate surface area is 248 Å². The first-order valence-corrected chi connectivity index (χ1v) is 15.6. The molecule has 0 aromatic heterocycles. The van der Waals surface area contributed by atoms with Crippen LogP contribution in [0.15, 0.2) is 70.8 Å². The number of nitrogens with zero attached hydrogens (tertiary/aromatic N) is 1. The van der Waals surface area contributed by atoms with E-state index in [-0.39, 0.29) is 17.2 Å². The van der Waals surface area contributed by atoms with Crippen LogP contribution in [0.5, 0.6) is 0 Å². The highest BCUT2D eigenvalue weighted by atomic mass is 35.5. The molecule has 2 aromatic rings. The Kier molecular flexibility index (Phi) is 11.5. The molecule has 1 unspecified atom stereocenters. The van der Waals surface area contributed by atoms with Crippen LogP contribution in [0.1, 0.15) is 58.6 Å². The third kappa shape index (κ3) is 8.00. The summed E-state index contributed by atoms with van der Waals surface area (Å²) in [4.78, 5) is 15.8. The Hall–Kier alpha value is -2.12. The van der Waals surface area contributed by atoms with Gasteiger partial charge < -0.3 is 19.1 Å². The fourth-order valence-corrected chi connectivity index (χ4v) is 7.56. The van der Waals surface area contributed by atoms with Crippen molar-refractivity contribution >= 4 is 36.8 Å². The van der Waals surface area contributed by atoms with Crippen molar-refractivity contribution in [1.82, 2.24) is 10.2 Å². The molecule has 218 valence electrons. The SMILES string of the molecule is CC1=C(C(=O)OCCN(C)Cc2ccccc2)C(c2cccc(Cl)c2Cl)C(P(=O)(OC(C)C)OC(C)C)=C(C)N1.